The van der Waals surface area contributed by atoms with Crippen LogP contribution >= 0.6 is 0 Å². The minimum atomic E-state index is -0.239. The molecule has 1 aliphatic heterocycles. The average Bonchev–Trinajstić information content (AvgIpc) is 2.88. The van der Waals surface area contributed by atoms with E-state index in [4.69, 9.17) is 5.73 Å². The van der Waals surface area contributed by atoms with Crippen molar-refractivity contribution in [3.05, 3.63) is 24.3 Å². The van der Waals surface area contributed by atoms with E-state index >= 15 is 0 Å². The summed E-state index contributed by atoms with van der Waals surface area (Å²) >= 11 is 0. The molecule has 104 valence electrons. The van der Waals surface area contributed by atoms with Crippen LogP contribution in [0.15, 0.2) is 24.3 Å². The Labute approximate surface area is 113 Å². The number of likely N-dealkylation sites (tertiary alicyclic amines) is 1. The summed E-state index contributed by atoms with van der Waals surface area (Å²) in [6.45, 7) is 2.85. The molecule has 0 bridgehead atoms. The number of benzene rings is 1. The summed E-state index contributed by atoms with van der Waals surface area (Å²) in [5.41, 5.74) is 7.02. The first kappa shape index (κ1) is 13.8. The molecule has 4 N–H and O–H groups in total. The highest BCUT2D eigenvalue weighted by atomic mass is 16.3. The lowest BCUT2D eigenvalue weighted by Crippen LogP contribution is -2.45. The first-order valence-electron chi connectivity index (χ1n) is 6.65. The van der Waals surface area contributed by atoms with Crippen molar-refractivity contribution in [2.24, 2.45) is 0 Å². The molecule has 0 aliphatic carbocycles. The van der Waals surface area contributed by atoms with Crippen LogP contribution in [0, 0.1) is 0 Å². The number of hydrogen-bond acceptors (Lipinski definition) is 4. The molecule has 0 aromatic heterocycles. The summed E-state index contributed by atoms with van der Waals surface area (Å²) in [5, 5.41) is 12.2. The summed E-state index contributed by atoms with van der Waals surface area (Å²) in [4.78, 5) is 14.2. The van der Waals surface area contributed by atoms with Crippen molar-refractivity contribution in [2.45, 2.75) is 31.8 Å². The Bertz CT molecular complexity index is 433. The van der Waals surface area contributed by atoms with E-state index in [-0.39, 0.29) is 24.6 Å². The van der Waals surface area contributed by atoms with Gasteiger partial charge >= 0.3 is 0 Å². The second-order valence-electron chi connectivity index (χ2n) is 5.00. The molecule has 19 heavy (non-hydrogen) atoms. The first-order valence-corrected chi connectivity index (χ1v) is 6.65. The van der Waals surface area contributed by atoms with Crippen LogP contribution in [-0.4, -0.2) is 41.1 Å². The standard InChI is InChI=1S/C14H21N3O2/c1-10(17-8-2-3-13(17)9-18)14(19)16-12-6-4-11(15)5-7-12/h4-7,10,13,18H,2-3,8-9,15H2,1H3,(H,16,19). The second kappa shape index (κ2) is 6.04. The molecule has 2 atom stereocenters. The van der Waals surface area contributed by atoms with E-state index in [1.54, 1.807) is 24.3 Å². The minimum Gasteiger partial charge on any atom is -0.399 e. The van der Waals surface area contributed by atoms with E-state index in [9.17, 15) is 9.90 Å². The van der Waals surface area contributed by atoms with Gasteiger partial charge in [-0.05, 0) is 50.6 Å². The van der Waals surface area contributed by atoms with Crippen LogP contribution in [0.25, 0.3) is 0 Å². The van der Waals surface area contributed by atoms with Gasteiger partial charge in [0.1, 0.15) is 0 Å². The van der Waals surface area contributed by atoms with Gasteiger partial charge in [-0.25, -0.2) is 0 Å². The maximum absolute atomic E-state index is 12.2. The van der Waals surface area contributed by atoms with E-state index < -0.39 is 0 Å². The Morgan fingerprint density at radius 1 is 1.53 bits per heavy atom. The lowest BCUT2D eigenvalue weighted by Gasteiger charge is -2.28. The van der Waals surface area contributed by atoms with Gasteiger partial charge in [0.05, 0.1) is 12.6 Å². The van der Waals surface area contributed by atoms with Gasteiger partial charge in [-0.15, -0.1) is 0 Å². The summed E-state index contributed by atoms with van der Waals surface area (Å²) in [6, 6.07) is 6.95. The first-order chi connectivity index (χ1) is 9.11. The zero-order chi connectivity index (χ0) is 13.8. The van der Waals surface area contributed by atoms with Crippen molar-refractivity contribution in [3.63, 3.8) is 0 Å². The van der Waals surface area contributed by atoms with Crippen molar-refractivity contribution in [2.75, 3.05) is 24.2 Å². The lowest BCUT2D eigenvalue weighted by molar-refractivity contribution is -0.121. The molecular weight excluding hydrogens is 242 g/mol. The Hall–Kier alpha value is -1.59. The monoisotopic (exact) mass is 263 g/mol. The summed E-state index contributed by atoms with van der Waals surface area (Å²) < 4.78 is 0. The zero-order valence-electron chi connectivity index (χ0n) is 11.2. The molecule has 1 amide bonds. The number of rotatable bonds is 4. The number of carbonyl (C=O) groups excluding carboxylic acids is 1. The van der Waals surface area contributed by atoms with Gasteiger partial charge in [0.25, 0.3) is 0 Å². The molecule has 2 unspecified atom stereocenters. The fraction of sp³-hybridized carbons (Fsp3) is 0.500. The van der Waals surface area contributed by atoms with Crippen molar-refractivity contribution < 1.29 is 9.90 Å². The van der Waals surface area contributed by atoms with E-state index in [0.717, 1.165) is 25.1 Å². The highest BCUT2D eigenvalue weighted by Crippen LogP contribution is 2.20. The SMILES string of the molecule is CC(C(=O)Nc1ccc(N)cc1)N1CCCC1CO. The average molecular weight is 263 g/mol. The van der Waals surface area contributed by atoms with Crippen molar-refractivity contribution >= 4 is 17.3 Å². The molecule has 0 spiro atoms. The van der Waals surface area contributed by atoms with E-state index in [2.05, 4.69) is 10.2 Å². The lowest BCUT2D eigenvalue weighted by atomic mass is 10.2. The van der Waals surface area contributed by atoms with Gasteiger partial charge in [-0.3, -0.25) is 9.69 Å². The smallest absolute Gasteiger partial charge is 0.241 e. The van der Waals surface area contributed by atoms with Gasteiger partial charge < -0.3 is 16.2 Å². The number of aliphatic hydroxyl groups excluding tert-OH is 1. The fourth-order valence-corrected chi connectivity index (χ4v) is 2.53. The fourth-order valence-electron chi connectivity index (χ4n) is 2.53. The molecule has 1 aliphatic rings. The quantitative estimate of drug-likeness (QED) is 0.710. The Morgan fingerprint density at radius 2 is 2.21 bits per heavy atom. The van der Waals surface area contributed by atoms with E-state index in [1.807, 2.05) is 6.92 Å². The molecule has 0 saturated carbocycles. The third-order valence-electron chi connectivity index (χ3n) is 3.69. The number of nitrogens with two attached hydrogens (primary N) is 1. The molecule has 1 fully saturated rings. The molecule has 5 nitrogen and oxygen atoms in total. The normalized spacial score (nSPS) is 21.3. The predicted molar refractivity (Wildman–Crippen MR) is 75.8 cm³/mol. The number of nitrogens with one attached hydrogen (secondary N) is 1. The van der Waals surface area contributed by atoms with Crippen molar-refractivity contribution in [3.8, 4) is 0 Å². The Balaban J connectivity index is 1.97. The molecule has 2 rings (SSSR count). The van der Waals surface area contributed by atoms with E-state index in [0.29, 0.717) is 5.69 Å². The number of anilines is 2. The molecular formula is C14H21N3O2. The summed E-state index contributed by atoms with van der Waals surface area (Å²) in [6.07, 6.45) is 1.99. The third kappa shape index (κ3) is 3.24. The molecule has 0 radical (unpaired) electrons. The van der Waals surface area contributed by atoms with Gasteiger partial charge in [0.2, 0.25) is 5.91 Å². The van der Waals surface area contributed by atoms with Gasteiger partial charge in [-0.2, -0.15) is 0 Å². The third-order valence-corrected chi connectivity index (χ3v) is 3.69. The maximum Gasteiger partial charge on any atom is 0.241 e. The zero-order valence-corrected chi connectivity index (χ0v) is 11.2. The molecule has 1 heterocycles. The highest BCUT2D eigenvalue weighted by Gasteiger charge is 2.31. The Kier molecular flexibility index (Phi) is 4.39. The van der Waals surface area contributed by atoms with Gasteiger partial charge in [-0.1, -0.05) is 0 Å². The van der Waals surface area contributed by atoms with Gasteiger partial charge in [0, 0.05) is 17.4 Å². The van der Waals surface area contributed by atoms with Crippen LogP contribution in [0.3, 0.4) is 0 Å². The van der Waals surface area contributed by atoms with Crippen LogP contribution in [0.5, 0.6) is 0 Å². The topological polar surface area (TPSA) is 78.6 Å². The molecule has 1 aromatic rings. The number of carbonyl (C=O) groups is 1. The summed E-state index contributed by atoms with van der Waals surface area (Å²) in [5.74, 6) is -0.0508. The van der Waals surface area contributed by atoms with Crippen LogP contribution < -0.4 is 11.1 Å². The van der Waals surface area contributed by atoms with E-state index in [1.165, 1.54) is 0 Å². The van der Waals surface area contributed by atoms with Crippen LogP contribution in [-0.2, 0) is 4.79 Å². The largest absolute Gasteiger partial charge is 0.399 e. The summed E-state index contributed by atoms with van der Waals surface area (Å²) in [7, 11) is 0. The second-order valence-corrected chi connectivity index (χ2v) is 5.00. The number of nitrogen functional groups attached to an aromatic ring is 1. The van der Waals surface area contributed by atoms with Crippen LogP contribution in [0.1, 0.15) is 19.8 Å². The van der Waals surface area contributed by atoms with Crippen LogP contribution in [0.2, 0.25) is 0 Å². The number of nitrogens with zero attached hydrogens (tertiary/aromatic N) is 1. The minimum absolute atomic E-state index is 0.0508. The molecule has 5 heteroatoms. The van der Waals surface area contributed by atoms with Crippen LogP contribution in [0.4, 0.5) is 11.4 Å². The van der Waals surface area contributed by atoms with Crippen molar-refractivity contribution in [1.29, 1.82) is 0 Å². The van der Waals surface area contributed by atoms with Gasteiger partial charge in [0.15, 0.2) is 0 Å². The highest BCUT2D eigenvalue weighted by molar-refractivity contribution is 5.94. The molecule has 1 aromatic carbocycles. The predicted octanol–water partition coefficient (Wildman–Crippen LogP) is 1.05. The molecule has 1 saturated heterocycles. The number of amides is 1. The van der Waals surface area contributed by atoms with Crippen molar-refractivity contribution in [1.82, 2.24) is 4.90 Å². The number of hydrogen-bond donors (Lipinski definition) is 3. The Morgan fingerprint density at radius 3 is 2.84 bits per heavy atom. The maximum atomic E-state index is 12.2. The number of aliphatic hydroxyl groups is 1.